The second kappa shape index (κ2) is 7.77. The number of H-pyrrole nitrogens is 2. The minimum absolute atomic E-state index is 0.0851. The van der Waals surface area contributed by atoms with Gasteiger partial charge in [-0.25, -0.2) is 9.78 Å². The van der Waals surface area contributed by atoms with Crippen LogP contribution in [0.3, 0.4) is 0 Å². The number of amides is 2. The Balaban J connectivity index is 1.40. The quantitative estimate of drug-likeness (QED) is 0.423. The van der Waals surface area contributed by atoms with Crippen LogP contribution in [0.15, 0.2) is 48.7 Å². The molecule has 9 nitrogen and oxygen atoms in total. The maximum Gasteiger partial charge on any atom is 0.412 e. The second-order valence-corrected chi connectivity index (χ2v) is 8.49. The third-order valence-corrected chi connectivity index (χ3v) is 5.99. The largest absolute Gasteiger partial charge is 0.444 e. The van der Waals surface area contributed by atoms with Crippen LogP contribution >= 0.6 is 0 Å². The highest BCUT2D eigenvalue weighted by atomic mass is 16.5. The number of fused-ring (bicyclic) bond motifs is 2. The molecule has 0 bridgehead atoms. The molecular formula is C24H24N6O3. The first-order valence-electron chi connectivity index (χ1n) is 10.8. The molecule has 2 aromatic carbocycles. The van der Waals surface area contributed by atoms with E-state index in [-0.39, 0.29) is 12.5 Å². The SMILES string of the molecule is CCN1C(=O)C(C)(C)c2cc3[nH]c(-c4[nH]ncc4NC(=O)OCc4ccccc4)nc3cc21. The van der Waals surface area contributed by atoms with Crippen molar-refractivity contribution in [1.29, 1.82) is 0 Å². The number of carbonyl (C=O) groups excluding carboxylic acids is 2. The summed E-state index contributed by atoms with van der Waals surface area (Å²) in [4.78, 5) is 34.8. The van der Waals surface area contributed by atoms with Gasteiger partial charge in [-0.2, -0.15) is 5.10 Å². The summed E-state index contributed by atoms with van der Waals surface area (Å²) in [6.45, 7) is 6.59. The number of anilines is 2. The van der Waals surface area contributed by atoms with Gasteiger partial charge < -0.3 is 14.6 Å². The lowest BCUT2D eigenvalue weighted by Gasteiger charge is -2.18. The number of aromatic amines is 2. The van der Waals surface area contributed by atoms with Crippen molar-refractivity contribution in [2.45, 2.75) is 32.8 Å². The standard InChI is InChI=1S/C24H24N6O3/c1-4-30-19-11-17-16(10-15(19)24(2,3)22(30)31)26-21(27-17)20-18(12-25-29-20)28-23(32)33-13-14-8-6-5-7-9-14/h5-12H,4,13H2,1-3H3,(H,25,29)(H,26,27)(H,28,32). The number of likely N-dealkylation sites (N-methyl/N-ethyl adjacent to an activating group) is 1. The predicted molar refractivity (Wildman–Crippen MR) is 125 cm³/mol. The van der Waals surface area contributed by atoms with E-state index >= 15 is 0 Å². The smallest absolute Gasteiger partial charge is 0.412 e. The first-order valence-corrected chi connectivity index (χ1v) is 10.8. The van der Waals surface area contributed by atoms with E-state index in [1.54, 1.807) is 4.90 Å². The molecule has 9 heteroatoms. The Bertz CT molecular complexity index is 1360. The Hall–Kier alpha value is -4.14. The van der Waals surface area contributed by atoms with E-state index in [9.17, 15) is 9.59 Å². The van der Waals surface area contributed by atoms with Crippen molar-refractivity contribution in [3.63, 3.8) is 0 Å². The molecule has 1 aliphatic rings. The van der Waals surface area contributed by atoms with Crippen LogP contribution < -0.4 is 10.2 Å². The van der Waals surface area contributed by atoms with Gasteiger partial charge in [0.2, 0.25) is 5.91 Å². The van der Waals surface area contributed by atoms with E-state index in [0.717, 1.165) is 27.8 Å². The van der Waals surface area contributed by atoms with E-state index < -0.39 is 11.5 Å². The maximum atomic E-state index is 12.8. The molecule has 0 spiro atoms. The van der Waals surface area contributed by atoms with Crippen molar-refractivity contribution in [2.75, 3.05) is 16.8 Å². The lowest BCUT2D eigenvalue weighted by molar-refractivity contribution is -0.122. The number of rotatable bonds is 5. The van der Waals surface area contributed by atoms with Crippen molar-refractivity contribution >= 4 is 34.4 Å². The summed E-state index contributed by atoms with van der Waals surface area (Å²) in [5, 5.41) is 9.65. The van der Waals surface area contributed by atoms with E-state index in [4.69, 9.17) is 4.74 Å². The molecule has 3 heterocycles. The van der Waals surface area contributed by atoms with Crippen LogP contribution in [-0.2, 0) is 21.6 Å². The number of nitrogens with one attached hydrogen (secondary N) is 3. The molecule has 1 aliphatic heterocycles. The Morgan fingerprint density at radius 2 is 2.00 bits per heavy atom. The van der Waals surface area contributed by atoms with Crippen molar-refractivity contribution in [3.05, 3.63) is 59.8 Å². The zero-order valence-corrected chi connectivity index (χ0v) is 18.6. The third kappa shape index (κ3) is 3.51. The Kier molecular flexibility index (Phi) is 4.88. The molecular weight excluding hydrogens is 420 g/mol. The minimum Gasteiger partial charge on any atom is -0.444 e. The van der Waals surface area contributed by atoms with Crippen LogP contribution in [0.4, 0.5) is 16.2 Å². The lowest BCUT2D eigenvalue weighted by atomic mass is 9.86. The highest BCUT2D eigenvalue weighted by Gasteiger charge is 2.43. The number of imidazole rings is 1. The summed E-state index contributed by atoms with van der Waals surface area (Å²) in [6.07, 6.45) is 0.919. The monoisotopic (exact) mass is 444 g/mol. The molecule has 0 radical (unpaired) electrons. The summed E-state index contributed by atoms with van der Waals surface area (Å²) in [6, 6.07) is 13.4. The number of aromatic nitrogens is 4. The molecule has 0 atom stereocenters. The second-order valence-electron chi connectivity index (χ2n) is 8.49. The summed E-state index contributed by atoms with van der Waals surface area (Å²) in [7, 11) is 0. The third-order valence-electron chi connectivity index (χ3n) is 5.99. The summed E-state index contributed by atoms with van der Waals surface area (Å²) >= 11 is 0. The van der Waals surface area contributed by atoms with E-state index in [0.29, 0.717) is 23.8 Å². The number of nitrogens with zero attached hydrogens (tertiary/aromatic N) is 3. The van der Waals surface area contributed by atoms with E-state index in [1.807, 2.05) is 63.2 Å². The molecule has 2 aromatic heterocycles. The van der Waals surface area contributed by atoms with Gasteiger partial charge in [-0.1, -0.05) is 30.3 Å². The highest BCUT2D eigenvalue weighted by molar-refractivity contribution is 6.09. The summed E-state index contributed by atoms with van der Waals surface area (Å²) in [5.74, 6) is 0.610. The van der Waals surface area contributed by atoms with Crippen molar-refractivity contribution in [1.82, 2.24) is 20.2 Å². The fourth-order valence-electron chi connectivity index (χ4n) is 4.19. The van der Waals surface area contributed by atoms with Gasteiger partial charge >= 0.3 is 6.09 Å². The zero-order valence-electron chi connectivity index (χ0n) is 18.6. The fraction of sp³-hybridized carbons (Fsp3) is 0.250. The molecule has 0 saturated carbocycles. The average molecular weight is 444 g/mol. The number of hydrogen-bond donors (Lipinski definition) is 3. The molecule has 0 saturated heterocycles. The topological polar surface area (TPSA) is 116 Å². The van der Waals surface area contributed by atoms with Crippen molar-refractivity contribution in [3.8, 4) is 11.5 Å². The maximum absolute atomic E-state index is 12.8. The fourth-order valence-corrected chi connectivity index (χ4v) is 4.19. The van der Waals surface area contributed by atoms with Gasteiger partial charge in [0.1, 0.15) is 12.3 Å². The zero-order chi connectivity index (χ0) is 23.2. The van der Waals surface area contributed by atoms with Crippen LogP contribution in [0.25, 0.3) is 22.6 Å². The number of ether oxygens (including phenoxy) is 1. The summed E-state index contributed by atoms with van der Waals surface area (Å²) < 4.78 is 5.30. The highest BCUT2D eigenvalue weighted by Crippen LogP contribution is 2.43. The number of benzene rings is 2. The number of hydrogen-bond acceptors (Lipinski definition) is 5. The van der Waals surface area contributed by atoms with Gasteiger partial charge in [-0.15, -0.1) is 0 Å². The van der Waals surface area contributed by atoms with Gasteiger partial charge in [0.25, 0.3) is 0 Å². The van der Waals surface area contributed by atoms with Crippen LogP contribution in [0, 0.1) is 0 Å². The van der Waals surface area contributed by atoms with E-state index in [2.05, 4.69) is 25.5 Å². The first-order chi connectivity index (χ1) is 15.9. The van der Waals surface area contributed by atoms with Gasteiger partial charge in [-0.05, 0) is 44.0 Å². The van der Waals surface area contributed by atoms with Crippen molar-refractivity contribution < 1.29 is 14.3 Å². The number of carbonyl (C=O) groups is 2. The molecule has 0 unspecified atom stereocenters. The molecule has 2 amide bonds. The molecule has 33 heavy (non-hydrogen) atoms. The van der Waals surface area contributed by atoms with E-state index in [1.165, 1.54) is 6.20 Å². The normalized spacial score (nSPS) is 14.5. The van der Waals surface area contributed by atoms with Gasteiger partial charge in [0.15, 0.2) is 5.82 Å². The Morgan fingerprint density at radius 3 is 2.76 bits per heavy atom. The molecule has 4 aromatic rings. The summed E-state index contributed by atoms with van der Waals surface area (Å²) in [5.41, 5.74) is 4.64. The lowest BCUT2D eigenvalue weighted by Crippen LogP contribution is -2.35. The van der Waals surface area contributed by atoms with Crippen LogP contribution in [0.5, 0.6) is 0 Å². The van der Waals surface area contributed by atoms with Gasteiger partial charge in [0, 0.05) is 6.54 Å². The molecule has 0 aliphatic carbocycles. The Labute approximate surface area is 190 Å². The van der Waals surface area contributed by atoms with Gasteiger partial charge in [-0.3, -0.25) is 15.2 Å². The molecule has 0 fully saturated rings. The Morgan fingerprint density at radius 1 is 1.21 bits per heavy atom. The van der Waals surface area contributed by atoms with Crippen LogP contribution in [0.1, 0.15) is 31.9 Å². The molecule has 5 rings (SSSR count). The predicted octanol–water partition coefficient (Wildman–Crippen LogP) is 4.35. The van der Waals surface area contributed by atoms with Crippen LogP contribution in [-0.4, -0.2) is 38.7 Å². The molecule has 168 valence electrons. The van der Waals surface area contributed by atoms with Crippen LogP contribution in [0.2, 0.25) is 0 Å². The van der Waals surface area contributed by atoms with Crippen molar-refractivity contribution in [2.24, 2.45) is 0 Å². The average Bonchev–Trinajstić information content (AvgIpc) is 3.48. The van der Waals surface area contributed by atoms with Gasteiger partial charge in [0.05, 0.1) is 34.0 Å². The minimum atomic E-state index is -0.603. The molecule has 3 N–H and O–H groups in total. The first kappa shape index (κ1) is 20.7.